The summed E-state index contributed by atoms with van der Waals surface area (Å²) in [4.78, 5) is 27.5. The maximum atomic E-state index is 11.6. The number of nitrogens with zero attached hydrogens (tertiary/aromatic N) is 2. The van der Waals surface area contributed by atoms with Gasteiger partial charge in [0.1, 0.15) is 23.5 Å². The maximum absolute atomic E-state index is 11.6. The van der Waals surface area contributed by atoms with Crippen molar-refractivity contribution in [1.29, 1.82) is 5.26 Å². The van der Waals surface area contributed by atoms with Crippen LogP contribution in [0.1, 0.15) is 52.2 Å². The Hall–Kier alpha value is -2.69. The molecule has 1 atom stereocenters. The van der Waals surface area contributed by atoms with Gasteiger partial charge in [-0.25, -0.2) is 4.98 Å². The molecule has 0 bridgehead atoms. The number of ether oxygens (including phenoxy) is 1. The number of aryl methyl sites for hydroxylation is 1. The number of pyridine rings is 1. The van der Waals surface area contributed by atoms with Gasteiger partial charge in [0.25, 0.3) is 0 Å². The molecule has 28 heavy (non-hydrogen) atoms. The van der Waals surface area contributed by atoms with E-state index >= 15 is 0 Å². The van der Waals surface area contributed by atoms with Crippen molar-refractivity contribution in [3.05, 3.63) is 52.7 Å². The van der Waals surface area contributed by atoms with Crippen molar-refractivity contribution in [2.24, 2.45) is 0 Å². The zero-order valence-electron chi connectivity index (χ0n) is 16.1. The normalized spacial score (nSPS) is 11.5. The van der Waals surface area contributed by atoms with Gasteiger partial charge in [-0.05, 0) is 44.2 Å². The Labute approximate surface area is 168 Å². The Bertz CT molecular complexity index is 904. The summed E-state index contributed by atoms with van der Waals surface area (Å²) in [5, 5.41) is 19.9. The fourth-order valence-corrected chi connectivity index (χ4v) is 3.39. The molecule has 2 aromatic rings. The number of Topliss-reactive ketones (excluding diaryl/α,β-unsaturated/α-hetero) is 2. The molecule has 1 aromatic heterocycles. The number of rotatable bonds is 9. The lowest BCUT2D eigenvalue weighted by Gasteiger charge is -2.13. The van der Waals surface area contributed by atoms with E-state index in [-0.39, 0.29) is 23.9 Å². The van der Waals surface area contributed by atoms with Crippen molar-refractivity contribution in [2.75, 3.05) is 12.4 Å². The van der Waals surface area contributed by atoms with Crippen molar-refractivity contribution < 1.29 is 19.4 Å². The van der Waals surface area contributed by atoms with E-state index in [1.807, 2.05) is 13.0 Å². The number of benzene rings is 1. The molecule has 0 spiro atoms. The van der Waals surface area contributed by atoms with Gasteiger partial charge in [-0.3, -0.25) is 9.59 Å². The number of hydrogen-bond donors (Lipinski definition) is 1. The van der Waals surface area contributed by atoms with E-state index in [0.29, 0.717) is 39.6 Å². The predicted octanol–water partition coefficient (Wildman–Crippen LogP) is 3.59. The highest BCUT2D eigenvalue weighted by molar-refractivity contribution is 7.99. The predicted molar refractivity (Wildman–Crippen MR) is 107 cm³/mol. The first-order chi connectivity index (χ1) is 13.3. The Morgan fingerprint density at radius 3 is 2.57 bits per heavy atom. The Kier molecular flexibility index (Phi) is 7.73. The Morgan fingerprint density at radius 2 is 2.00 bits per heavy atom. The fourth-order valence-electron chi connectivity index (χ4n) is 2.49. The number of carbonyl (C=O) groups excluding carboxylic acids is 2. The van der Waals surface area contributed by atoms with Crippen LogP contribution in [-0.4, -0.2) is 40.1 Å². The average Bonchev–Trinajstić information content (AvgIpc) is 2.70. The summed E-state index contributed by atoms with van der Waals surface area (Å²) in [7, 11) is 0. The zero-order chi connectivity index (χ0) is 20.7. The third-order valence-corrected chi connectivity index (χ3v) is 5.17. The third-order valence-electron chi connectivity index (χ3n) is 4.03. The van der Waals surface area contributed by atoms with Crippen molar-refractivity contribution >= 4 is 23.3 Å². The van der Waals surface area contributed by atoms with Gasteiger partial charge in [0.2, 0.25) is 0 Å². The van der Waals surface area contributed by atoms with Gasteiger partial charge in [0.05, 0.1) is 11.7 Å². The molecule has 0 aliphatic heterocycles. The second kappa shape index (κ2) is 10.0. The van der Waals surface area contributed by atoms with E-state index in [2.05, 4.69) is 4.98 Å². The van der Waals surface area contributed by atoms with Gasteiger partial charge in [-0.15, -0.1) is 11.8 Å². The molecule has 0 amide bonds. The van der Waals surface area contributed by atoms with Crippen LogP contribution in [0.2, 0.25) is 0 Å². The number of aliphatic hydroxyl groups is 1. The minimum Gasteiger partial charge on any atom is -0.491 e. The first kappa shape index (κ1) is 21.6. The molecule has 7 heteroatoms. The second-order valence-electron chi connectivity index (χ2n) is 6.22. The molecular weight excluding hydrogens is 376 g/mol. The minimum atomic E-state index is -0.775. The molecule has 0 aliphatic carbocycles. The highest BCUT2D eigenvalue weighted by Crippen LogP contribution is 2.24. The molecule has 1 aromatic carbocycles. The van der Waals surface area contributed by atoms with E-state index in [1.54, 1.807) is 31.2 Å². The van der Waals surface area contributed by atoms with Crippen LogP contribution < -0.4 is 4.74 Å². The second-order valence-corrected chi connectivity index (χ2v) is 7.23. The molecule has 0 saturated heterocycles. The van der Waals surface area contributed by atoms with Crippen molar-refractivity contribution in [2.45, 2.75) is 38.3 Å². The maximum Gasteiger partial charge on any atom is 0.162 e. The molecule has 1 N–H and O–H groups in total. The zero-order valence-corrected chi connectivity index (χ0v) is 16.9. The van der Waals surface area contributed by atoms with Gasteiger partial charge < -0.3 is 9.84 Å². The largest absolute Gasteiger partial charge is 0.491 e. The van der Waals surface area contributed by atoms with Crippen LogP contribution in [0.3, 0.4) is 0 Å². The lowest BCUT2D eigenvalue weighted by atomic mass is 10.1. The lowest BCUT2D eigenvalue weighted by molar-refractivity contribution is 0.0985. The van der Waals surface area contributed by atoms with Crippen LogP contribution in [0, 0.1) is 18.3 Å². The smallest absolute Gasteiger partial charge is 0.162 e. The summed E-state index contributed by atoms with van der Waals surface area (Å²) in [6.45, 7) is 5.03. The van der Waals surface area contributed by atoms with Gasteiger partial charge >= 0.3 is 0 Å². The van der Waals surface area contributed by atoms with E-state index in [0.717, 1.165) is 0 Å². The van der Waals surface area contributed by atoms with Crippen LogP contribution in [0.15, 0.2) is 35.4 Å². The Balaban J connectivity index is 1.93. The number of nitriles is 1. The van der Waals surface area contributed by atoms with Gasteiger partial charge in [0, 0.05) is 29.0 Å². The summed E-state index contributed by atoms with van der Waals surface area (Å²) in [6, 6.07) is 10.4. The van der Waals surface area contributed by atoms with E-state index in [1.165, 1.54) is 24.8 Å². The van der Waals surface area contributed by atoms with Crippen molar-refractivity contribution in [3.8, 4) is 11.8 Å². The molecule has 1 unspecified atom stereocenters. The number of aromatic nitrogens is 1. The van der Waals surface area contributed by atoms with Crippen LogP contribution in [0.4, 0.5) is 0 Å². The molecule has 146 valence electrons. The molecule has 6 nitrogen and oxygen atoms in total. The first-order valence-electron chi connectivity index (χ1n) is 8.85. The standard InChI is InChI=1S/C21H22N2O4S/c1-4-20(26)15-5-7-18(8-6-15)27-11-17(25)12-28-21-16(10-22)9-19(14(3)24)13(2)23-21/h5-9,17,25H,4,11-12H2,1-3H3. The molecule has 0 radical (unpaired) electrons. The number of thioether (sulfide) groups is 1. The number of carbonyl (C=O) groups is 2. The van der Waals surface area contributed by atoms with Gasteiger partial charge in [0.15, 0.2) is 11.6 Å². The number of ketones is 2. The molecule has 1 heterocycles. The van der Waals surface area contributed by atoms with E-state index < -0.39 is 6.10 Å². The van der Waals surface area contributed by atoms with Crippen LogP contribution in [0.5, 0.6) is 5.75 Å². The van der Waals surface area contributed by atoms with E-state index in [4.69, 9.17) is 4.74 Å². The Morgan fingerprint density at radius 1 is 1.32 bits per heavy atom. The topological polar surface area (TPSA) is 100 Å². The third kappa shape index (κ3) is 5.65. The van der Waals surface area contributed by atoms with Crippen LogP contribution >= 0.6 is 11.8 Å². The molecule has 0 fully saturated rings. The van der Waals surface area contributed by atoms with Crippen molar-refractivity contribution in [1.82, 2.24) is 4.98 Å². The van der Waals surface area contributed by atoms with Gasteiger partial charge in [-0.2, -0.15) is 5.26 Å². The minimum absolute atomic E-state index is 0.0647. The quantitative estimate of drug-likeness (QED) is 0.509. The highest BCUT2D eigenvalue weighted by Gasteiger charge is 2.15. The SMILES string of the molecule is CCC(=O)c1ccc(OCC(O)CSc2nc(C)c(C(C)=O)cc2C#N)cc1. The average molecular weight is 398 g/mol. The molecule has 0 aliphatic rings. The first-order valence-corrected chi connectivity index (χ1v) is 9.83. The monoisotopic (exact) mass is 398 g/mol. The summed E-state index contributed by atoms with van der Waals surface area (Å²) in [5.74, 6) is 0.773. The summed E-state index contributed by atoms with van der Waals surface area (Å²) >= 11 is 1.24. The van der Waals surface area contributed by atoms with Crippen molar-refractivity contribution in [3.63, 3.8) is 0 Å². The number of aliphatic hydroxyl groups excluding tert-OH is 1. The van der Waals surface area contributed by atoms with Gasteiger partial charge in [-0.1, -0.05) is 6.92 Å². The summed E-state index contributed by atoms with van der Waals surface area (Å²) in [5.41, 5.74) is 1.92. The fraction of sp³-hybridized carbons (Fsp3) is 0.333. The highest BCUT2D eigenvalue weighted by atomic mass is 32.2. The number of hydrogen-bond acceptors (Lipinski definition) is 7. The molecule has 0 saturated carbocycles. The summed E-state index contributed by atoms with van der Waals surface area (Å²) < 4.78 is 5.55. The molecule has 2 rings (SSSR count). The van der Waals surface area contributed by atoms with E-state index in [9.17, 15) is 20.0 Å². The summed E-state index contributed by atoms with van der Waals surface area (Å²) in [6.07, 6.45) is -0.329. The van der Waals surface area contributed by atoms with Crippen LogP contribution in [0.25, 0.3) is 0 Å². The lowest BCUT2D eigenvalue weighted by Crippen LogP contribution is -2.20. The van der Waals surface area contributed by atoms with Crippen LogP contribution in [-0.2, 0) is 0 Å². The molecular formula is C21H22N2O4S.